The Balaban J connectivity index is 2.17. The molecule has 2 rings (SSSR count). The van der Waals surface area contributed by atoms with Crippen LogP contribution >= 0.6 is 0 Å². The van der Waals surface area contributed by atoms with Crippen molar-refractivity contribution in [1.29, 1.82) is 0 Å². The van der Waals surface area contributed by atoms with E-state index < -0.39 is 127 Å². The van der Waals surface area contributed by atoms with Crippen molar-refractivity contribution in [2.75, 3.05) is 19.6 Å². The third kappa shape index (κ3) is 17.9. The summed E-state index contributed by atoms with van der Waals surface area (Å²) in [6.45, 7) is 0.901. The van der Waals surface area contributed by atoms with Crippen LogP contribution in [0.1, 0.15) is 76.8 Å². The molecule has 2 heterocycles. The molecule has 17 N–H and O–H groups in total. The fraction of sp³-hybridized carbons (Fsp3) is 0.611. The lowest BCUT2D eigenvalue weighted by atomic mass is 10.1. The van der Waals surface area contributed by atoms with E-state index in [-0.39, 0.29) is 45.1 Å². The summed E-state index contributed by atoms with van der Waals surface area (Å²) in [6, 6.07) is -9.57. The molecule has 0 bridgehead atoms. The number of nitrogens with zero attached hydrogens (tertiary/aromatic N) is 2. The molecule has 1 aromatic heterocycles. The third-order valence-electron chi connectivity index (χ3n) is 9.54. The fourth-order valence-electron chi connectivity index (χ4n) is 6.21. The Kier molecular flexibility index (Phi) is 21.4. The molecule has 1 aromatic rings. The quantitative estimate of drug-likeness (QED) is 0.0349. The van der Waals surface area contributed by atoms with Gasteiger partial charge in [0.25, 0.3) is 0 Å². The standard InChI is InChI=1S/C36H57N13O13/c1-18(44-34(59)25-6-4-12-49(25)35(60)24(14-27(40)51)45-28(52)16-42-31(56)20(38)7-10-29(53)54)30(55)48-23(13-19-15-41-17-43-19)33(58)46-21(8-9-26(39)50)32(57)47-22(36(61)62)5-2-3-11-37/h15,17-18,20-25H,2-14,16,37-38H2,1H3,(H2,39,50)(H2,40,51)(H,41,43)(H,42,56)(H,44,59)(H,45,52)(H,46,58)(H,47,57)(H,48,55)(H,53,54)(H,61,62)/t18-,20-,21-,22-,23-,24-,25-/m0/s1. The van der Waals surface area contributed by atoms with Crippen LogP contribution in [0.2, 0.25) is 0 Å². The summed E-state index contributed by atoms with van der Waals surface area (Å²) < 4.78 is 0. The Bertz CT molecular complexity index is 1780. The lowest BCUT2D eigenvalue weighted by Gasteiger charge is -2.29. The molecule has 1 aliphatic rings. The van der Waals surface area contributed by atoms with Crippen LogP contribution in [-0.2, 0) is 59.2 Å². The monoisotopic (exact) mass is 879 g/mol. The van der Waals surface area contributed by atoms with Gasteiger partial charge in [-0.1, -0.05) is 0 Å². The number of imidazole rings is 1. The normalized spacial score (nSPS) is 16.2. The van der Waals surface area contributed by atoms with Gasteiger partial charge in [0.2, 0.25) is 53.2 Å². The number of rotatable bonds is 28. The Morgan fingerprint density at radius 1 is 0.806 bits per heavy atom. The minimum atomic E-state index is -1.56. The second-order valence-electron chi connectivity index (χ2n) is 14.6. The molecule has 7 atom stereocenters. The van der Waals surface area contributed by atoms with E-state index in [1.807, 2.05) is 0 Å². The summed E-state index contributed by atoms with van der Waals surface area (Å²) in [7, 11) is 0. The molecule has 0 saturated carbocycles. The molecule has 0 spiro atoms. The number of unbranched alkanes of at least 4 members (excludes halogenated alkanes) is 1. The van der Waals surface area contributed by atoms with Crippen molar-refractivity contribution in [3.8, 4) is 0 Å². The molecule has 62 heavy (non-hydrogen) atoms. The number of hydrogen-bond acceptors (Lipinski definition) is 14. The van der Waals surface area contributed by atoms with E-state index in [0.717, 1.165) is 4.90 Å². The van der Waals surface area contributed by atoms with Gasteiger partial charge in [-0.15, -0.1) is 0 Å². The van der Waals surface area contributed by atoms with Gasteiger partial charge in [-0.2, -0.15) is 0 Å². The first-order chi connectivity index (χ1) is 29.2. The Morgan fingerprint density at radius 3 is 2.06 bits per heavy atom. The number of carbonyl (C=O) groups is 11. The van der Waals surface area contributed by atoms with E-state index >= 15 is 0 Å². The largest absolute Gasteiger partial charge is 0.481 e. The van der Waals surface area contributed by atoms with Crippen LogP contribution in [0.15, 0.2) is 12.5 Å². The van der Waals surface area contributed by atoms with Crippen molar-refractivity contribution in [3.05, 3.63) is 18.2 Å². The van der Waals surface area contributed by atoms with E-state index in [1.54, 1.807) is 0 Å². The second-order valence-corrected chi connectivity index (χ2v) is 14.6. The van der Waals surface area contributed by atoms with E-state index in [2.05, 4.69) is 41.9 Å². The highest BCUT2D eigenvalue weighted by atomic mass is 16.4. The fourth-order valence-corrected chi connectivity index (χ4v) is 6.21. The van der Waals surface area contributed by atoms with E-state index in [1.165, 1.54) is 19.4 Å². The number of carboxylic acid groups (broad SMARTS) is 2. The Morgan fingerprint density at radius 2 is 1.47 bits per heavy atom. The number of nitrogens with one attached hydrogen (secondary N) is 7. The van der Waals surface area contributed by atoms with Gasteiger partial charge in [0, 0.05) is 37.7 Å². The topological polar surface area (TPSA) is 436 Å². The number of primary amides is 2. The minimum Gasteiger partial charge on any atom is -0.481 e. The molecular formula is C36H57N13O13. The number of nitrogens with two attached hydrogens (primary N) is 4. The van der Waals surface area contributed by atoms with Gasteiger partial charge in [0.15, 0.2) is 0 Å². The van der Waals surface area contributed by atoms with Gasteiger partial charge in [-0.3, -0.25) is 47.9 Å². The molecule has 9 amide bonds. The van der Waals surface area contributed by atoms with Crippen LogP contribution in [0, 0.1) is 0 Å². The average molecular weight is 880 g/mol. The second kappa shape index (κ2) is 25.8. The van der Waals surface area contributed by atoms with Crippen molar-refractivity contribution < 1.29 is 63.0 Å². The van der Waals surface area contributed by atoms with Gasteiger partial charge in [-0.25, -0.2) is 9.78 Å². The number of aromatic nitrogens is 2. The molecule has 0 radical (unpaired) electrons. The number of aromatic amines is 1. The van der Waals surface area contributed by atoms with Crippen molar-refractivity contribution in [1.82, 2.24) is 46.8 Å². The first-order valence-electron chi connectivity index (χ1n) is 19.8. The summed E-state index contributed by atoms with van der Waals surface area (Å²) in [6.07, 6.45) is 1.81. The lowest BCUT2D eigenvalue weighted by molar-refractivity contribution is -0.143. The number of aliphatic carboxylic acids is 2. The molecule has 26 heteroatoms. The molecule has 1 saturated heterocycles. The summed E-state index contributed by atoms with van der Waals surface area (Å²) >= 11 is 0. The average Bonchev–Trinajstić information content (AvgIpc) is 3.92. The van der Waals surface area contributed by atoms with Crippen LogP contribution in [0.4, 0.5) is 0 Å². The summed E-state index contributed by atoms with van der Waals surface area (Å²) in [5.41, 5.74) is 22.1. The first kappa shape index (κ1) is 51.4. The number of carboxylic acids is 2. The predicted octanol–water partition coefficient (Wildman–Crippen LogP) is -5.95. The number of H-pyrrole nitrogens is 1. The van der Waals surface area contributed by atoms with Gasteiger partial charge in [-0.05, 0) is 58.4 Å². The Hall–Kier alpha value is -6.70. The number of amides is 9. The van der Waals surface area contributed by atoms with Gasteiger partial charge < -0.3 is 74.9 Å². The molecule has 0 unspecified atom stereocenters. The summed E-state index contributed by atoms with van der Waals surface area (Å²) in [5, 5.41) is 32.7. The third-order valence-corrected chi connectivity index (χ3v) is 9.54. The van der Waals surface area contributed by atoms with Gasteiger partial charge in [0.05, 0.1) is 25.3 Å². The molecule has 0 aromatic carbocycles. The zero-order chi connectivity index (χ0) is 46.5. The summed E-state index contributed by atoms with van der Waals surface area (Å²) in [5.74, 6) is -10.5. The van der Waals surface area contributed by atoms with E-state index in [4.69, 9.17) is 28.0 Å². The van der Waals surface area contributed by atoms with Crippen LogP contribution in [0.25, 0.3) is 0 Å². The number of hydrogen-bond donors (Lipinski definition) is 13. The van der Waals surface area contributed by atoms with Gasteiger partial charge >= 0.3 is 11.9 Å². The lowest BCUT2D eigenvalue weighted by Crippen LogP contribution is -2.59. The zero-order valence-corrected chi connectivity index (χ0v) is 34.2. The zero-order valence-electron chi connectivity index (χ0n) is 34.2. The van der Waals surface area contributed by atoms with Crippen LogP contribution < -0.4 is 54.8 Å². The maximum absolute atomic E-state index is 13.7. The SMILES string of the molecule is C[C@H](NC(=O)[C@@H]1CCCN1C(=O)[C@H](CC(N)=O)NC(=O)CNC(=O)[C@@H](N)CCC(=O)O)C(=O)N[C@@H](Cc1cnc[nH]1)C(=O)N[C@@H](CCC(N)=O)C(=O)N[C@@H](CCCCN)C(=O)O. The molecule has 1 aliphatic heterocycles. The van der Waals surface area contributed by atoms with Crippen molar-refractivity contribution in [2.24, 2.45) is 22.9 Å². The van der Waals surface area contributed by atoms with E-state index in [0.29, 0.717) is 31.5 Å². The maximum atomic E-state index is 13.7. The highest BCUT2D eigenvalue weighted by Crippen LogP contribution is 2.20. The summed E-state index contributed by atoms with van der Waals surface area (Å²) in [4.78, 5) is 146. The van der Waals surface area contributed by atoms with Crippen LogP contribution in [0.5, 0.6) is 0 Å². The predicted molar refractivity (Wildman–Crippen MR) is 213 cm³/mol. The molecule has 344 valence electrons. The van der Waals surface area contributed by atoms with Crippen molar-refractivity contribution in [3.63, 3.8) is 0 Å². The first-order valence-corrected chi connectivity index (χ1v) is 19.8. The van der Waals surface area contributed by atoms with Crippen molar-refractivity contribution >= 4 is 65.1 Å². The highest BCUT2D eigenvalue weighted by Gasteiger charge is 2.39. The van der Waals surface area contributed by atoms with Crippen LogP contribution in [-0.4, -0.2) is 152 Å². The van der Waals surface area contributed by atoms with Crippen LogP contribution in [0.3, 0.4) is 0 Å². The Labute approximate surface area is 355 Å². The molecule has 0 aliphatic carbocycles. The molecular weight excluding hydrogens is 822 g/mol. The van der Waals surface area contributed by atoms with Gasteiger partial charge in [0.1, 0.15) is 36.3 Å². The smallest absolute Gasteiger partial charge is 0.326 e. The molecule has 26 nitrogen and oxygen atoms in total. The maximum Gasteiger partial charge on any atom is 0.326 e. The molecule has 1 fully saturated rings. The highest BCUT2D eigenvalue weighted by molar-refractivity contribution is 5.98. The number of likely N-dealkylation sites (tertiary alicyclic amines) is 1. The van der Waals surface area contributed by atoms with Crippen molar-refractivity contribution in [2.45, 2.75) is 120 Å². The number of carbonyl (C=O) groups excluding carboxylic acids is 9. The minimum absolute atomic E-state index is 0.00956. The van der Waals surface area contributed by atoms with E-state index in [9.17, 15) is 57.8 Å².